The van der Waals surface area contributed by atoms with Gasteiger partial charge in [-0.3, -0.25) is 4.79 Å². The fourth-order valence-electron chi connectivity index (χ4n) is 2.53. The van der Waals surface area contributed by atoms with E-state index in [1.165, 1.54) is 6.07 Å². The van der Waals surface area contributed by atoms with E-state index in [0.29, 0.717) is 19.1 Å². The number of aliphatic hydroxyl groups is 1. The van der Waals surface area contributed by atoms with Crippen molar-refractivity contribution >= 4 is 6.29 Å². The minimum atomic E-state index is -4.61. The summed E-state index contributed by atoms with van der Waals surface area (Å²) in [6, 6.07) is 3.15. The van der Waals surface area contributed by atoms with Gasteiger partial charge in [0.2, 0.25) is 0 Å². The van der Waals surface area contributed by atoms with E-state index >= 15 is 0 Å². The van der Waals surface area contributed by atoms with Crippen LogP contribution in [-0.4, -0.2) is 23.6 Å². The third kappa shape index (κ3) is 3.97. The van der Waals surface area contributed by atoms with Crippen molar-refractivity contribution in [2.45, 2.75) is 43.9 Å². The van der Waals surface area contributed by atoms with Gasteiger partial charge in [0.25, 0.3) is 0 Å². The van der Waals surface area contributed by atoms with Gasteiger partial charge in [0, 0.05) is 5.56 Å². The van der Waals surface area contributed by atoms with Crippen LogP contribution in [0.2, 0.25) is 0 Å². The number of rotatable bonds is 4. The van der Waals surface area contributed by atoms with E-state index in [1.807, 2.05) is 0 Å². The number of aldehydes is 1. The third-order valence-electron chi connectivity index (χ3n) is 3.73. The molecule has 6 heteroatoms. The van der Waals surface area contributed by atoms with Crippen molar-refractivity contribution in [2.24, 2.45) is 0 Å². The molecule has 1 aromatic rings. The average Bonchev–Trinajstić information content (AvgIpc) is 2.45. The summed E-state index contributed by atoms with van der Waals surface area (Å²) in [7, 11) is 0. The molecule has 0 unspecified atom stereocenters. The standard InChI is InChI=1S/C15H17F3O3/c16-15(17,18)12-8-11(9-19)4-5-13(12)21-10-14(20)6-2-1-3-7-14/h4-5,8-9,20H,1-3,6-7,10H2. The predicted octanol–water partition coefficient (Wildman–Crippen LogP) is 3.59. The second kappa shape index (κ2) is 6.05. The molecule has 0 aliphatic heterocycles. The highest BCUT2D eigenvalue weighted by molar-refractivity contribution is 5.75. The minimum absolute atomic E-state index is 0.0638. The molecular weight excluding hydrogens is 285 g/mol. The molecule has 3 nitrogen and oxygen atoms in total. The maximum atomic E-state index is 13.0. The Morgan fingerprint density at radius 2 is 1.90 bits per heavy atom. The summed E-state index contributed by atoms with van der Waals surface area (Å²) in [6.45, 7) is -0.170. The highest BCUT2D eigenvalue weighted by Crippen LogP contribution is 2.37. The first-order chi connectivity index (χ1) is 9.84. The van der Waals surface area contributed by atoms with E-state index in [-0.39, 0.29) is 17.9 Å². The first kappa shape index (κ1) is 15.8. The van der Waals surface area contributed by atoms with Crippen LogP contribution in [0.5, 0.6) is 5.75 Å². The van der Waals surface area contributed by atoms with Gasteiger partial charge in [-0.1, -0.05) is 19.3 Å². The summed E-state index contributed by atoms with van der Waals surface area (Å²) in [5, 5.41) is 10.3. The van der Waals surface area contributed by atoms with E-state index in [0.717, 1.165) is 31.4 Å². The Hall–Kier alpha value is -1.56. The monoisotopic (exact) mass is 302 g/mol. The van der Waals surface area contributed by atoms with Crippen LogP contribution < -0.4 is 4.74 Å². The number of carbonyl (C=O) groups excluding carboxylic acids is 1. The average molecular weight is 302 g/mol. The molecule has 1 aliphatic carbocycles. The normalized spacial score (nSPS) is 18.3. The Morgan fingerprint density at radius 3 is 2.48 bits per heavy atom. The van der Waals surface area contributed by atoms with Crippen molar-refractivity contribution in [3.63, 3.8) is 0 Å². The lowest BCUT2D eigenvalue weighted by atomic mass is 9.85. The van der Waals surface area contributed by atoms with Gasteiger partial charge < -0.3 is 9.84 Å². The number of alkyl halides is 3. The highest BCUT2D eigenvalue weighted by Gasteiger charge is 2.36. The number of hydrogen-bond donors (Lipinski definition) is 1. The van der Waals surface area contributed by atoms with Crippen LogP contribution >= 0.6 is 0 Å². The lowest BCUT2D eigenvalue weighted by molar-refractivity contribution is -0.139. The van der Waals surface area contributed by atoms with Crippen molar-refractivity contribution in [1.82, 2.24) is 0 Å². The van der Waals surface area contributed by atoms with E-state index in [9.17, 15) is 23.1 Å². The largest absolute Gasteiger partial charge is 0.490 e. The second-order valence-electron chi connectivity index (χ2n) is 5.44. The lowest BCUT2D eigenvalue weighted by Crippen LogP contribution is -2.38. The fraction of sp³-hybridized carbons (Fsp3) is 0.533. The molecule has 1 N–H and O–H groups in total. The third-order valence-corrected chi connectivity index (χ3v) is 3.73. The molecule has 2 rings (SSSR count). The Labute approximate surface area is 120 Å². The van der Waals surface area contributed by atoms with E-state index in [1.54, 1.807) is 0 Å². The Kier molecular flexibility index (Phi) is 4.56. The molecule has 0 bridgehead atoms. The first-order valence-electron chi connectivity index (χ1n) is 6.86. The number of hydrogen-bond acceptors (Lipinski definition) is 3. The van der Waals surface area contributed by atoms with Gasteiger partial charge in [-0.25, -0.2) is 0 Å². The van der Waals surface area contributed by atoms with Gasteiger partial charge >= 0.3 is 6.18 Å². The predicted molar refractivity (Wildman–Crippen MR) is 70.4 cm³/mol. The molecule has 0 amide bonds. The summed E-state index contributed by atoms with van der Waals surface area (Å²) in [6.07, 6.45) is -0.491. The van der Waals surface area contributed by atoms with Crippen molar-refractivity contribution < 1.29 is 27.8 Å². The van der Waals surface area contributed by atoms with Gasteiger partial charge in [0.15, 0.2) is 0 Å². The fourth-order valence-corrected chi connectivity index (χ4v) is 2.53. The maximum absolute atomic E-state index is 13.0. The zero-order valence-electron chi connectivity index (χ0n) is 11.4. The smallest absolute Gasteiger partial charge is 0.419 e. The molecule has 0 heterocycles. The Bertz CT molecular complexity index is 505. The summed E-state index contributed by atoms with van der Waals surface area (Å²) < 4.78 is 44.1. The maximum Gasteiger partial charge on any atom is 0.419 e. The number of halogens is 3. The first-order valence-corrected chi connectivity index (χ1v) is 6.86. The molecule has 116 valence electrons. The van der Waals surface area contributed by atoms with Crippen molar-refractivity contribution in [1.29, 1.82) is 0 Å². The second-order valence-corrected chi connectivity index (χ2v) is 5.44. The van der Waals surface area contributed by atoms with E-state index in [2.05, 4.69) is 0 Å². The van der Waals surface area contributed by atoms with Gasteiger partial charge in [-0.2, -0.15) is 13.2 Å². The molecular formula is C15H17F3O3. The van der Waals surface area contributed by atoms with Crippen molar-refractivity contribution in [2.75, 3.05) is 6.61 Å². The Balaban J connectivity index is 2.17. The molecule has 1 fully saturated rings. The SMILES string of the molecule is O=Cc1ccc(OCC2(O)CCCCC2)c(C(F)(F)F)c1. The molecule has 1 aromatic carbocycles. The zero-order chi connectivity index (χ0) is 15.5. The quantitative estimate of drug-likeness (QED) is 0.865. The lowest BCUT2D eigenvalue weighted by Gasteiger charge is -2.32. The van der Waals surface area contributed by atoms with E-state index < -0.39 is 17.3 Å². The van der Waals surface area contributed by atoms with Crippen LogP contribution in [0.1, 0.15) is 48.0 Å². The van der Waals surface area contributed by atoms with Gasteiger partial charge in [0.1, 0.15) is 18.6 Å². The zero-order valence-corrected chi connectivity index (χ0v) is 11.4. The molecule has 0 spiro atoms. The molecule has 1 aliphatic rings. The van der Waals surface area contributed by atoms with Crippen LogP contribution in [-0.2, 0) is 6.18 Å². The molecule has 0 radical (unpaired) electrons. The van der Waals surface area contributed by atoms with Gasteiger partial charge in [0.05, 0.1) is 11.2 Å². The molecule has 0 aromatic heterocycles. The van der Waals surface area contributed by atoms with Gasteiger partial charge in [-0.05, 0) is 31.0 Å². The summed E-state index contributed by atoms with van der Waals surface area (Å²) in [5.74, 6) is -0.355. The summed E-state index contributed by atoms with van der Waals surface area (Å²) >= 11 is 0. The topological polar surface area (TPSA) is 46.5 Å². The van der Waals surface area contributed by atoms with Gasteiger partial charge in [-0.15, -0.1) is 0 Å². The molecule has 0 saturated heterocycles. The molecule has 21 heavy (non-hydrogen) atoms. The van der Waals surface area contributed by atoms with Crippen LogP contribution in [0.4, 0.5) is 13.2 Å². The summed E-state index contributed by atoms with van der Waals surface area (Å²) in [5.41, 5.74) is -2.12. The minimum Gasteiger partial charge on any atom is -0.490 e. The molecule has 0 atom stereocenters. The van der Waals surface area contributed by atoms with Crippen LogP contribution in [0.25, 0.3) is 0 Å². The van der Waals surface area contributed by atoms with E-state index in [4.69, 9.17) is 4.74 Å². The van der Waals surface area contributed by atoms with Crippen LogP contribution in [0, 0.1) is 0 Å². The van der Waals surface area contributed by atoms with Crippen molar-refractivity contribution in [3.8, 4) is 5.75 Å². The van der Waals surface area contributed by atoms with Crippen LogP contribution in [0.3, 0.4) is 0 Å². The number of carbonyl (C=O) groups is 1. The number of ether oxygens (including phenoxy) is 1. The Morgan fingerprint density at radius 1 is 1.24 bits per heavy atom. The summed E-state index contributed by atoms with van der Waals surface area (Å²) in [4.78, 5) is 10.6. The van der Waals surface area contributed by atoms with Crippen LogP contribution in [0.15, 0.2) is 18.2 Å². The van der Waals surface area contributed by atoms with Crippen molar-refractivity contribution in [3.05, 3.63) is 29.3 Å². The molecule has 1 saturated carbocycles. The highest BCUT2D eigenvalue weighted by atomic mass is 19.4. The number of benzene rings is 1.